The van der Waals surface area contributed by atoms with E-state index in [0.717, 1.165) is 5.56 Å². The molecule has 0 fully saturated rings. The van der Waals surface area contributed by atoms with Crippen LogP contribution in [0.15, 0.2) is 30.3 Å². The Morgan fingerprint density at radius 1 is 1.06 bits per heavy atom. The fraction of sp³-hybridized carbons (Fsp3) is 0.250. The van der Waals surface area contributed by atoms with Crippen molar-refractivity contribution in [1.82, 2.24) is 19.9 Å². The van der Waals surface area contributed by atoms with Gasteiger partial charge in [-0.15, -0.1) is 0 Å². The first-order valence-electron chi connectivity index (χ1n) is 5.36. The summed E-state index contributed by atoms with van der Waals surface area (Å²) in [7, 11) is 3.92. The maximum absolute atomic E-state index is 5.69. The minimum atomic E-state index is 0.260. The average molecular weight is 229 g/mol. The van der Waals surface area contributed by atoms with Crippen LogP contribution in [0, 0.1) is 0 Å². The van der Waals surface area contributed by atoms with Crippen molar-refractivity contribution in [3.63, 3.8) is 0 Å². The van der Waals surface area contributed by atoms with E-state index in [-0.39, 0.29) is 5.95 Å². The number of rotatable bonds is 3. The molecule has 17 heavy (non-hydrogen) atoms. The Morgan fingerprint density at radius 3 is 2.41 bits per heavy atom. The summed E-state index contributed by atoms with van der Waals surface area (Å²) in [4.78, 5) is 14.7. The number of aromatic nitrogens is 3. The van der Waals surface area contributed by atoms with Crippen molar-refractivity contribution in [3.05, 3.63) is 36.2 Å². The summed E-state index contributed by atoms with van der Waals surface area (Å²) in [5.74, 6) is 1.56. The third kappa shape index (κ3) is 2.98. The van der Waals surface area contributed by atoms with Crippen LogP contribution in [0.5, 0.6) is 0 Å². The molecule has 0 aliphatic rings. The van der Waals surface area contributed by atoms with E-state index < -0.39 is 0 Å². The highest BCUT2D eigenvalue weighted by molar-refractivity contribution is 5.55. The van der Waals surface area contributed by atoms with Crippen molar-refractivity contribution in [2.24, 2.45) is 0 Å². The molecule has 0 saturated carbocycles. The lowest BCUT2D eigenvalue weighted by molar-refractivity contribution is 0.390. The minimum Gasteiger partial charge on any atom is -0.368 e. The zero-order chi connectivity index (χ0) is 12.3. The van der Waals surface area contributed by atoms with Crippen molar-refractivity contribution >= 4 is 5.95 Å². The Balaban J connectivity index is 2.38. The third-order valence-electron chi connectivity index (χ3n) is 2.19. The molecule has 0 spiro atoms. The van der Waals surface area contributed by atoms with E-state index in [0.29, 0.717) is 18.2 Å². The van der Waals surface area contributed by atoms with Crippen LogP contribution < -0.4 is 5.73 Å². The van der Waals surface area contributed by atoms with E-state index in [1.165, 1.54) is 0 Å². The van der Waals surface area contributed by atoms with Gasteiger partial charge in [-0.05, 0) is 14.1 Å². The van der Waals surface area contributed by atoms with Gasteiger partial charge >= 0.3 is 0 Å². The van der Waals surface area contributed by atoms with Gasteiger partial charge in [0, 0.05) is 5.56 Å². The first-order chi connectivity index (χ1) is 8.15. The number of nitrogens with zero attached hydrogens (tertiary/aromatic N) is 4. The summed E-state index contributed by atoms with van der Waals surface area (Å²) >= 11 is 0. The number of nitrogen functional groups attached to an aromatic ring is 1. The number of hydrogen-bond donors (Lipinski definition) is 1. The van der Waals surface area contributed by atoms with Gasteiger partial charge in [-0.1, -0.05) is 30.3 Å². The summed E-state index contributed by atoms with van der Waals surface area (Å²) in [6, 6.07) is 9.75. The third-order valence-corrected chi connectivity index (χ3v) is 2.19. The average Bonchev–Trinajstić information content (AvgIpc) is 2.28. The van der Waals surface area contributed by atoms with Crippen LogP contribution in [-0.2, 0) is 6.54 Å². The fourth-order valence-corrected chi connectivity index (χ4v) is 1.51. The second-order valence-electron chi connectivity index (χ2n) is 4.04. The number of benzene rings is 1. The van der Waals surface area contributed by atoms with Crippen LogP contribution in [0.2, 0.25) is 0 Å². The molecule has 1 heterocycles. The molecule has 0 amide bonds. The topological polar surface area (TPSA) is 67.9 Å². The van der Waals surface area contributed by atoms with Gasteiger partial charge in [-0.3, -0.25) is 0 Å². The predicted molar refractivity (Wildman–Crippen MR) is 67.1 cm³/mol. The molecule has 88 valence electrons. The molecule has 2 N–H and O–H groups in total. The highest BCUT2D eigenvalue weighted by Crippen LogP contribution is 2.14. The molecular weight excluding hydrogens is 214 g/mol. The Morgan fingerprint density at radius 2 is 1.76 bits per heavy atom. The standard InChI is InChI=1S/C12H15N5/c1-17(2)8-10-14-11(16-12(13)15-10)9-6-4-3-5-7-9/h3-7H,8H2,1-2H3,(H2,13,14,15,16). The quantitative estimate of drug-likeness (QED) is 0.856. The molecule has 0 bridgehead atoms. The van der Waals surface area contributed by atoms with E-state index in [2.05, 4.69) is 15.0 Å². The monoisotopic (exact) mass is 229 g/mol. The summed E-state index contributed by atoms with van der Waals surface area (Å²) < 4.78 is 0. The van der Waals surface area contributed by atoms with E-state index in [4.69, 9.17) is 5.73 Å². The van der Waals surface area contributed by atoms with Gasteiger partial charge < -0.3 is 10.6 Å². The van der Waals surface area contributed by atoms with Crippen molar-refractivity contribution in [2.75, 3.05) is 19.8 Å². The molecule has 0 aliphatic carbocycles. The van der Waals surface area contributed by atoms with Crippen LogP contribution in [0.4, 0.5) is 5.95 Å². The molecule has 5 heteroatoms. The molecule has 5 nitrogen and oxygen atoms in total. The largest absolute Gasteiger partial charge is 0.368 e. The van der Waals surface area contributed by atoms with Gasteiger partial charge in [0.1, 0.15) is 5.82 Å². The van der Waals surface area contributed by atoms with Crippen LogP contribution in [0.1, 0.15) is 5.82 Å². The van der Waals surface area contributed by atoms with Crippen LogP contribution in [0.25, 0.3) is 11.4 Å². The lowest BCUT2D eigenvalue weighted by Gasteiger charge is -2.09. The van der Waals surface area contributed by atoms with Gasteiger partial charge in [0.2, 0.25) is 5.95 Å². The van der Waals surface area contributed by atoms with Gasteiger partial charge in [0.15, 0.2) is 5.82 Å². The molecule has 1 aromatic heterocycles. The zero-order valence-electron chi connectivity index (χ0n) is 9.96. The van der Waals surface area contributed by atoms with E-state index >= 15 is 0 Å². The molecule has 1 aromatic carbocycles. The molecule has 0 atom stereocenters. The van der Waals surface area contributed by atoms with Gasteiger partial charge in [-0.2, -0.15) is 9.97 Å². The molecule has 2 aromatic rings. The van der Waals surface area contributed by atoms with Gasteiger partial charge in [-0.25, -0.2) is 4.98 Å². The molecule has 0 aliphatic heterocycles. The summed E-state index contributed by atoms with van der Waals surface area (Å²) in [6.45, 7) is 0.645. The molecule has 0 saturated heterocycles. The number of anilines is 1. The van der Waals surface area contributed by atoms with Crippen molar-refractivity contribution < 1.29 is 0 Å². The smallest absolute Gasteiger partial charge is 0.223 e. The first-order valence-corrected chi connectivity index (χ1v) is 5.36. The molecule has 0 unspecified atom stereocenters. The lowest BCUT2D eigenvalue weighted by atomic mass is 10.2. The number of hydrogen-bond acceptors (Lipinski definition) is 5. The first kappa shape index (κ1) is 11.5. The van der Waals surface area contributed by atoms with E-state index in [1.54, 1.807) is 0 Å². The van der Waals surface area contributed by atoms with E-state index in [9.17, 15) is 0 Å². The van der Waals surface area contributed by atoms with Gasteiger partial charge in [0.05, 0.1) is 6.54 Å². The maximum atomic E-state index is 5.69. The Labute approximate surface area is 100 Å². The minimum absolute atomic E-state index is 0.260. The van der Waals surface area contributed by atoms with Crippen LogP contribution in [0.3, 0.4) is 0 Å². The molecular formula is C12H15N5. The van der Waals surface area contributed by atoms with E-state index in [1.807, 2.05) is 49.3 Å². The highest BCUT2D eigenvalue weighted by Gasteiger charge is 2.06. The predicted octanol–water partition coefficient (Wildman–Crippen LogP) is 1.18. The van der Waals surface area contributed by atoms with Crippen molar-refractivity contribution in [2.45, 2.75) is 6.54 Å². The summed E-state index contributed by atoms with van der Waals surface area (Å²) in [5, 5.41) is 0. The second kappa shape index (κ2) is 4.88. The number of nitrogens with two attached hydrogens (primary N) is 1. The highest BCUT2D eigenvalue weighted by atomic mass is 15.1. The SMILES string of the molecule is CN(C)Cc1nc(N)nc(-c2ccccc2)n1. The maximum Gasteiger partial charge on any atom is 0.223 e. The fourth-order valence-electron chi connectivity index (χ4n) is 1.51. The second-order valence-corrected chi connectivity index (χ2v) is 4.04. The summed E-state index contributed by atoms with van der Waals surface area (Å²) in [5.41, 5.74) is 6.64. The van der Waals surface area contributed by atoms with Crippen LogP contribution >= 0.6 is 0 Å². The normalized spacial score (nSPS) is 10.8. The Bertz CT molecular complexity index is 496. The van der Waals surface area contributed by atoms with Gasteiger partial charge in [0.25, 0.3) is 0 Å². The summed E-state index contributed by atoms with van der Waals surface area (Å²) in [6.07, 6.45) is 0. The molecule has 0 radical (unpaired) electrons. The molecule has 2 rings (SSSR count). The van der Waals surface area contributed by atoms with Crippen molar-refractivity contribution in [3.8, 4) is 11.4 Å². The zero-order valence-corrected chi connectivity index (χ0v) is 9.96. The lowest BCUT2D eigenvalue weighted by Crippen LogP contribution is -2.15. The van der Waals surface area contributed by atoms with Crippen molar-refractivity contribution in [1.29, 1.82) is 0 Å². The Kier molecular flexibility index (Phi) is 3.30. The van der Waals surface area contributed by atoms with Crippen LogP contribution in [-0.4, -0.2) is 33.9 Å². The Hall–Kier alpha value is -2.01.